The molecule has 0 radical (unpaired) electrons. The number of carboxylic acid groups (broad SMARTS) is 1. The summed E-state index contributed by atoms with van der Waals surface area (Å²) in [5.74, 6) is -2.22. The molecule has 0 aromatic rings. The van der Waals surface area contributed by atoms with Gasteiger partial charge >= 0.3 is 11.8 Å². The molecule has 0 aromatic heterocycles. The van der Waals surface area contributed by atoms with Crippen LogP contribution in [0.2, 0.25) is 0 Å². The molecule has 0 spiro atoms. The first-order valence-electron chi connectivity index (χ1n) is 4.27. The van der Waals surface area contributed by atoms with Crippen LogP contribution in [0.15, 0.2) is 0 Å². The van der Waals surface area contributed by atoms with Crippen molar-refractivity contribution >= 4 is 29.4 Å². The topological polar surface area (TPSA) is 83.5 Å². The fraction of sp³-hybridized carbons (Fsp3) is 0.625. The summed E-state index contributed by atoms with van der Waals surface area (Å²) in [6.45, 7) is 0. The zero-order valence-electron chi connectivity index (χ0n) is 7.49. The number of hydrogen-bond donors (Lipinski definition) is 2. The lowest BCUT2D eigenvalue weighted by molar-refractivity contribution is -0.153. The van der Waals surface area contributed by atoms with Crippen LogP contribution < -0.4 is 5.32 Å². The van der Waals surface area contributed by atoms with Gasteiger partial charge in [-0.15, -0.1) is 0 Å². The fourth-order valence-electron chi connectivity index (χ4n) is 1.19. The second kappa shape index (κ2) is 4.99. The van der Waals surface area contributed by atoms with Crippen molar-refractivity contribution in [1.82, 2.24) is 5.32 Å². The predicted octanol–water partition coefficient (Wildman–Crippen LogP) is -0.348. The average Bonchev–Trinajstić information content (AvgIpc) is 2.18. The molecule has 6 heteroatoms. The Morgan fingerprint density at radius 1 is 1.21 bits per heavy atom. The maximum absolute atomic E-state index is 11.0. The minimum Gasteiger partial charge on any atom is -0.475 e. The highest BCUT2D eigenvalue weighted by Crippen LogP contribution is 2.16. The summed E-state index contributed by atoms with van der Waals surface area (Å²) in [4.78, 5) is 31.9. The van der Waals surface area contributed by atoms with E-state index in [9.17, 15) is 14.4 Å². The molecular formula is C8H11NO4S. The van der Waals surface area contributed by atoms with Gasteiger partial charge in [0, 0.05) is 6.04 Å². The molecular weight excluding hydrogens is 206 g/mol. The Bertz CT molecular complexity index is 260. The SMILES string of the molecule is O=C(O)C(=O)C(=O)NC1CCSCC1. The summed E-state index contributed by atoms with van der Waals surface area (Å²) in [5.41, 5.74) is 0. The van der Waals surface area contributed by atoms with Crippen molar-refractivity contribution in [3.8, 4) is 0 Å². The van der Waals surface area contributed by atoms with Crippen molar-refractivity contribution < 1.29 is 19.5 Å². The van der Waals surface area contributed by atoms with E-state index < -0.39 is 17.7 Å². The highest BCUT2D eigenvalue weighted by Gasteiger charge is 2.25. The zero-order valence-corrected chi connectivity index (χ0v) is 8.30. The summed E-state index contributed by atoms with van der Waals surface area (Å²) in [7, 11) is 0. The van der Waals surface area contributed by atoms with Crippen LogP contribution in [0.3, 0.4) is 0 Å². The highest BCUT2D eigenvalue weighted by molar-refractivity contribution is 7.99. The number of carbonyl (C=O) groups is 3. The summed E-state index contributed by atoms with van der Waals surface area (Å²) < 4.78 is 0. The third-order valence-electron chi connectivity index (χ3n) is 1.96. The molecule has 1 amide bonds. The molecule has 1 aliphatic rings. The van der Waals surface area contributed by atoms with Gasteiger partial charge in [-0.1, -0.05) is 0 Å². The Balaban J connectivity index is 2.39. The molecule has 1 rings (SSSR count). The lowest BCUT2D eigenvalue weighted by Crippen LogP contribution is -2.43. The molecule has 1 saturated heterocycles. The Kier molecular flexibility index (Phi) is 3.94. The van der Waals surface area contributed by atoms with Crippen LogP contribution in [0.25, 0.3) is 0 Å². The summed E-state index contributed by atoms with van der Waals surface area (Å²) >= 11 is 1.79. The van der Waals surface area contributed by atoms with Crippen LogP contribution in [0.1, 0.15) is 12.8 Å². The van der Waals surface area contributed by atoms with E-state index in [0.717, 1.165) is 24.3 Å². The van der Waals surface area contributed by atoms with Gasteiger partial charge in [-0.2, -0.15) is 11.8 Å². The van der Waals surface area contributed by atoms with Gasteiger partial charge in [-0.05, 0) is 24.3 Å². The predicted molar refractivity (Wildman–Crippen MR) is 51.1 cm³/mol. The number of carboxylic acids is 1. The van der Waals surface area contributed by atoms with Crippen LogP contribution in [-0.4, -0.2) is 40.3 Å². The molecule has 2 N–H and O–H groups in total. The van der Waals surface area contributed by atoms with Gasteiger partial charge in [0.15, 0.2) is 0 Å². The first-order valence-corrected chi connectivity index (χ1v) is 5.42. The van der Waals surface area contributed by atoms with Crippen LogP contribution in [0.5, 0.6) is 0 Å². The van der Waals surface area contributed by atoms with E-state index in [1.165, 1.54) is 0 Å². The van der Waals surface area contributed by atoms with Crippen molar-refractivity contribution in [1.29, 1.82) is 0 Å². The molecule has 14 heavy (non-hydrogen) atoms. The van der Waals surface area contributed by atoms with E-state index in [1.807, 2.05) is 0 Å². The van der Waals surface area contributed by atoms with Crippen molar-refractivity contribution in [2.45, 2.75) is 18.9 Å². The van der Waals surface area contributed by atoms with E-state index in [-0.39, 0.29) is 6.04 Å². The lowest BCUT2D eigenvalue weighted by atomic mass is 10.1. The van der Waals surface area contributed by atoms with Crippen molar-refractivity contribution in [3.05, 3.63) is 0 Å². The van der Waals surface area contributed by atoms with Crippen molar-refractivity contribution in [3.63, 3.8) is 0 Å². The molecule has 1 aliphatic heterocycles. The standard InChI is InChI=1S/C8H11NO4S/c10-6(8(12)13)7(11)9-5-1-3-14-4-2-5/h5H,1-4H2,(H,9,11)(H,12,13). The fourth-order valence-corrected chi connectivity index (χ4v) is 2.30. The quantitative estimate of drug-likeness (QED) is 0.499. The molecule has 0 unspecified atom stereocenters. The Labute approximate surface area is 85.2 Å². The molecule has 78 valence electrons. The van der Waals surface area contributed by atoms with Gasteiger partial charge in [-0.25, -0.2) is 4.79 Å². The normalized spacial score (nSPS) is 17.4. The third kappa shape index (κ3) is 3.02. The van der Waals surface area contributed by atoms with Crippen molar-refractivity contribution in [2.24, 2.45) is 0 Å². The average molecular weight is 217 g/mol. The summed E-state index contributed by atoms with van der Waals surface area (Å²) in [5, 5.41) is 10.7. The van der Waals surface area contributed by atoms with Gasteiger partial charge in [0.05, 0.1) is 0 Å². The Morgan fingerprint density at radius 2 is 1.79 bits per heavy atom. The van der Waals surface area contributed by atoms with Crippen LogP contribution in [0.4, 0.5) is 0 Å². The van der Waals surface area contributed by atoms with E-state index in [0.29, 0.717) is 0 Å². The molecule has 1 heterocycles. The summed E-state index contributed by atoms with van der Waals surface area (Å²) in [6.07, 6.45) is 1.59. The Hall–Kier alpha value is -1.04. The maximum Gasteiger partial charge on any atom is 0.382 e. The van der Waals surface area contributed by atoms with Crippen molar-refractivity contribution in [2.75, 3.05) is 11.5 Å². The number of amides is 1. The monoisotopic (exact) mass is 217 g/mol. The number of aliphatic carboxylic acids is 1. The third-order valence-corrected chi connectivity index (χ3v) is 3.01. The van der Waals surface area contributed by atoms with Gasteiger partial charge in [0.25, 0.3) is 5.91 Å². The molecule has 0 saturated carbocycles. The number of rotatable bonds is 3. The van der Waals surface area contributed by atoms with Gasteiger partial charge in [0.1, 0.15) is 0 Å². The minimum absolute atomic E-state index is 0.0490. The number of carbonyl (C=O) groups excluding carboxylic acids is 2. The number of ketones is 1. The first kappa shape index (κ1) is 11.0. The number of thioether (sulfide) groups is 1. The second-order valence-electron chi connectivity index (χ2n) is 2.99. The summed E-state index contributed by atoms with van der Waals surface area (Å²) in [6, 6.07) is -0.0490. The largest absolute Gasteiger partial charge is 0.475 e. The lowest BCUT2D eigenvalue weighted by Gasteiger charge is -2.21. The number of Topliss-reactive ketones (excluding diaryl/α,β-unsaturated/α-hetero) is 1. The highest BCUT2D eigenvalue weighted by atomic mass is 32.2. The van der Waals surface area contributed by atoms with E-state index in [4.69, 9.17) is 5.11 Å². The van der Waals surface area contributed by atoms with Gasteiger partial charge in [0.2, 0.25) is 0 Å². The smallest absolute Gasteiger partial charge is 0.382 e. The molecule has 0 aromatic carbocycles. The molecule has 1 fully saturated rings. The zero-order chi connectivity index (χ0) is 10.6. The van der Waals surface area contributed by atoms with Crippen LogP contribution in [0, 0.1) is 0 Å². The maximum atomic E-state index is 11.0. The molecule has 5 nitrogen and oxygen atoms in total. The van der Waals surface area contributed by atoms with E-state index in [2.05, 4.69) is 5.32 Å². The minimum atomic E-state index is -1.70. The second-order valence-corrected chi connectivity index (χ2v) is 4.22. The molecule has 0 bridgehead atoms. The molecule has 0 atom stereocenters. The van der Waals surface area contributed by atoms with E-state index >= 15 is 0 Å². The van der Waals surface area contributed by atoms with Gasteiger partial charge < -0.3 is 10.4 Å². The van der Waals surface area contributed by atoms with Gasteiger partial charge in [-0.3, -0.25) is 9.59 Å². The number of nitrogens with one attached hydrogen (secondary N) is 1. The van der Waals surface area contributed by atoms with E-state index in [1.54, 1.807) is 11.8 Å². The van der Waals surface area contributed by atoms with Crippen LogP contribution in [-0.2, 0) is 14.4 Å². The van der Waals surface area contributed by atoms with Crippen LogP contribution >= 0.6 is 11.8 Å². The molecule has 0 aliphatic carbocycles. The number of hydrogen-bond acceptors (Lipinski definition) is 4. The first-order chi connectivity index (χ1) is 6.61. The Morgan fingerprint density at radius 3 is 2.29 bits per heavy atom.